The average Bonchev–Trinajstić information content (AvgIpc) is 2.33. The van der Waals surface area contributed by atoms with Crippen LogP contribution in [0.5, 0.6) is 11.5 Å². The van der Waals surface area contributed by atoms with E-state index in [1.807, 2.05) is 24.3 Å². The number of para-hydroxylation sites is 2. The second-order valence-corrected chi connectivity index (χ2v) is 3.38. The normalized spacial score (nSPS) is 13.8. The Morgan fingerprint density at radius 2 is 1.56 bits per heavy atom. The fraction of sp³-hybridized carbons (Fsp3) is 0. The van der Waals surface area contributed by atoms with Crippen LogP contribution in [0, 0.1) is 0 Å². The monoisotopic (exact) mass is 230 g/mol. The molecule has 3 heteroatoms. The second-order valence-electron chi connectivity index (χ2n) is 1.73. The molecule has 0 fully saturated rings. The van der Waals surface area contributed by atoms with Gasteiger partial charge in [-0.25, -0.2) is 0 Å². The number of hydrogen-bond acceptors (Lipinski definition) is 2. The van der Waals surface area contributed by atoms with Gasteiger partial charge in [0.1, 0.15) is 0 Å². The van der Waals surface area contributed by atoms with Crippen LogP contribution in [0.2, 0.25) is 0 Å². The minimum absolute atomic E-state index is 0.920. The van der Waals surface area contributed by atoms with E-state index >= 15 is 0 Å². The molecular weight excluding hydrogens is 226 g/mol. The molecule has 0 atom stereocenters. The van der Waals surface area contributed by atoms with Gasteiger partial charge in [0, 0.05) is 0 Å². The quantitative estimate of drug-likeness (QED) is 0.612. The van der Waals surface area contributed by atoms with Crippen molar-refractivity contribution in [3.63, 3.8) is 0 Å². The van der Waals surface area contributed by atoms with E-state index in [2.05, 4.69) is 0 Å². The van der Waals surface area contributed by atoms with Crippen LogP contribution < -0.4 is 6.03 Å². The first kappa shape index (κ1) is 5.43. The van der Waals surface area contributed by atoms with Crippen molar-refractivity contribution in [3.8, 4) is 11.5 Å². The Morgan fingerprint density at radius 1 is 1.00 bits per heavy atom. The fourth-order valence-corrected chi connectivity index (χ4v) is 2.32. The summed E-state index contributed by atoms with van der Waals surface area (Å²) in [4.78, 5) is 0. The summed E-state index contributed by atoms with van der Waals surface area (Å²) in [5.41, 5.74) is 0. The topological polar surface area (TPSA) is 18.5 Å². The van der Waals surface area contributed by atoms with E-state index < -0.39 is 22.5 Å². The summed E-state index contributed by atoms with van der Waals surface area (Å²) in [5.74, 6) is 1.84. The first-order valence-corrected chi connectivity index (χ1v) is 4.97. The molecule has 0 bridgehead atoms. The van der Waals surface area contributed by atoms with E-state index in [9.17, 15) is 0 Å². The first-order valence-electron chi connectivity index (χ1n) is 2.64. The maximum atomic E-state index is 5.25. The Labute approximate surface area is 64.4 Å². The van der Waals surface area contributed by atoms with Crippen LogP contribution in [0.25, 0.3) is 0 Å². The van der Waals surface area contributed by atoms with Crippen molar-refractivity contribution >= 4 is 22.5 Å². The van der Waals surface area contributed by atoms with E-state index in [0.29, 0.717) is 0 Å². The van der Waals surface area contributed by atoms with Crippen LogP contribution in [0.4, 0.5) is 0 Å². The third-order valence-electron chi connectivity index (χ3n) is 1.15. The number of hydrogen-bond donors (Lipinski definition) is 0. The molecule has 0 amide bonds. The summed E-state index contributed by atoms with van der Waals surface area (Å²) in [5, 5.41) is 0. The summed E-state index contributed by atoms with van der Waals surface area (Å²) >= 11 is -0.950. The molecule has 0 aromatic heterocycles. The minimum atomic E-state index is -0.950. The standard InChI is InChI=1S/C6H6O2.Sb.H/c7-5-3-1-2-4-6(5)8;;/h1-4,7-8H;;/q;+2;/p-2. The van der Waals surface area contributed by atoms with Gasteiger partial charge in [-0.2, -0.15) is 0 Å². The zero-order valence-electron chi connectivity index (χ0n) is 4.63. The predicted molar refractivity (Wildman–Crippen MR) is 34.8 cm³/mol. The van der Waals surface area contributed by atoms with Gasteiger partial charge in [-0.05, 0) is 0 Å². The average molecular weight is 231 g/mol. The molecule has 1 heterocycles. The van der Waals surface area contributed by atoms with E-state index in [-0.39, 0.29) is 0 Å². The molecule has 1 aliphatic rings. The van der Waals surface area contributed by atoms with Crippen LogP contribution in [0.15, 0.2) is 24.3 Å². The third-order valence-corrected chi connectivity index (χ3v) is 2.88. The zero-order chi connectivity index (χ0) is 6.10. The van der Waals surface area contributed by atoms with Crippen molar-refractivity contribution in [1.82, 2.24) is 0 Å². The third kappa shape index (κ3) is 0.877. The molecule has 2 rings (SSSR count). The summed E-state index contributed by atoms with van der Waals surface area (Å²) in [6.07, 6.45) is 0. The molecule has 0 aliphatic carbocycles. The first-order chi connectivity index (χ1) is 4.47. The molecule has 46 valence electrons. The Balaban J connectivity index is 2.54. The van der Waals surface area contributed by atoms with Crippen LogP contribution in [-0.2, 0) is 0 Å². The van der Waals surface area contributed by atoms with Gasteiger partial charge >= 0.3 is 64.3 Å². The molecule has 9 heavy (non-hydrogen) atoms. The van der Waals surface area contributed by atoms with Gasteiger partial charge in [0.2, 0.25) is 0 Å². The van der Waals surface area contributed by atoms with Gasteiger partial charge in [-0.3, -0.25) is 0 Å². The molecule has 1 aromatic rings. The van der Waals surface area contributed by atoms with Crippen LogP contribution in [0.3, 0.4) is 0 Å². The number of rotatable bonds is 0. The van der Waals surface area contributed by atoms with Crippen molar-refractivity contribution in [3.05, 3.63) is 24.3 Å². The molecule has 2 nitrogen and oxygen atoms in total. The van der Waals surface area contributed by atoms with Gasteiger partial charge in [-0.15, -0.1) is 0 Å². The molecule has 0 saturated carbocycles. The number of fused-ring (bicyclic) bond motifs is 1. The fourth-order valence-electron chi connectivity index (χ4n) is 0.729. The van der Waals surface area contributed by atoms with Crippen LogP contribution in [0.1, 0.15) is 0 Å². The summed E-state index contributed by atoms with van der Waals surface area (Å²) < 4.78 is 10.5. The zero-order valence-corrected chi connectivity index (χ0v) is 7.48. The van der Waals surface area contributed by atoms with Gasteiger partial charge in [0.25, 0.3) is 0 Å². The van der Waals surface area contributed by atoms with Crippen molar-refractivity contribution in [2.24, 2.45) is 0 Å². The molecule has 0 saturated heterocycles. The van der Waals surface area contributed by atoms with Gasteiger partial charge in [-0.1, -0.05) is 0 Å². The molecule has 0 spiro atoms. The van der Waals surface area contributed by atoms with E-state index in [0.717, 1.165) is 11.5 Å². The van der Waals surface area contributed by atoms with E-state index in [4.69, 9.17) is 6.03 Å². The molecular formula is C6H5O2Sb. The van der Waals surface area contributed by atoms with Crippen molar-refractivity contribution in [2.45, 2.75) is 0 Å². The van der Waals surface area contributed by atoms with Crippen molar-refractivity contribution in [1.29, 1.82) is 0 Å². The summed E-state index contributed by atoms with van der Waals surface area (Å²) in [6.45, 7) is 0. The maximum absolute atomic E-state index is 5.25. The summed E-state index contributed by atoms with van der Waals surface area (Å²) in [7, 11) is 0. The SMILES string of the molecule is c1ccc2c(c1)[O][SbH][O]2. The van der Waals surface area contributed by atoms with E-state index in [1.165, 1.54) is 0 Å². The Kier molecular flexibility index (Phi) is 1.27. The van der Waals surface area contributed by atoms with Gasteiger partial charge in [0.05, 0.1) is 0 Å². The van der Waals surface area contributed by atoms with Crippen LogP contribution in [-0.4, -0.2) is 22.5 Å². The van der Waals surface area contributed by atoms with E-state index in [1.54, 1.807) is 0 Å². The Bertz CT molecular complexity index is 201. The number of benzene rings is 1. The van der Waals surface area contributed by atoms with Gasteiger partial charge in [0.15, 0.2) is 0 Å². The van der Waals surface area contributed by atoms with Crippen LogP contribution >= 0.6 is 0 Å². The molecule has 0 N–H and O–H groups in total. The molecule has 1 aliphatic heterocycles. The molecule has 0 unspecified atom stereocenters. The Morgan fingerprint density at radius 3 is 2.11 bits per heavy atom. The predicted octanol–water partition coefficient (Wildman–Crippen LogP) is 0.724. The van der Waals surface area contributed by atoms with Gasteiger partial charge < -0.3 is 0 Å². The molecule has 1 aromatic carbocycles. The van der Waals surface area contributed by atoms with Crippen molar-refractivity contribution in [2.75, 3.05) is 0 Å². The Hall–Kier alpha value is -0.362. The molecule has 0 radical (unpaired) electrons. The second kappa shape index (κ2) is 2.11. The summed E-state index contributed by atoms with van der Waals surface area (Å²) in [6, 6.07) is 7.77. The van der Waals surface area contributed by atoms with Crippen molar-refractivity contribution < 1.29 is 6.03 Å².